The molecule has 0 aliphatic rings. The number of carbonyl (C=O) groups is 2. The summed E-state index contributed by atoms with van der Waals surface area (Å²) in [6, 6.07) is 9.87. The number of halogens is 2. The number of rotatable bonds is 10. The van der Waals surface area contributed by atoms with Gasteiger partial charge in [0.05, 0.1) is 40.8 Å². The Morgan fingerprint density at radius 1 is 1.12 bits per heavy atom. The summed E-state index contributed by atoms with van der Waals surface area (Å²) in [4.78, 5) is 35.7. The molecule has 3 aromatic rings. The van der Waals surface area contributed by atoms with Gasteiger partial charge in [0, 0.05) is 12.5 Å². The van der Waals surface area contributed by atoms with Crippen molar-refractivity contribution >= 4 is 50.3 Å². The first kappa shape index (κ1) is 24.8. The number of fused-ring (bicyclic) bond motifs is 1. The average Bonchev–Trinajstić information content (AvgIpc) is 2.80. The Balaban J connectivity index is 1.80. The van der Waals surface area contributed by atoms with Crippen LogP contribution in [0, 0.1) is 0 Å². The molecule has 0 radical (unpaired) electrons. The SMILES string of the molecule is CCOC(=O)C(=O)CCCCOc1c(Br)ccc(-c2cc(=O)c3cccc(Cl)c3o2)c1OC. The van der Waals surface area contributed by atoms with E-state index in [0.29, 0.717) is 50.4 Å². The van der Waals surface area contributed by atoms with E-state index in [2.05, 4.69) is 15.9 Å². The highest BCUT2D eigenvalue weighted by molar-refractivity contribution is 9.10. The van der Waals surface area contributed by atoms with E-state index in [0.717, 1.165) is 0 Å². The summed E-state index contributed by atoms with van der Waals surface area (Å²) in [6.07, 6.45) is 1.09. The summed E-state index contributed by atoms with van der Waals surface area (Å²) in [5.74, 6) is -0.278. The zero-order valence-corrected chi connectivity index (χ0v) is 20.5. The lowest BCUT2D eigenvalue weighted by atomic mass is 10.1. The van der Waals surface area contributed by atoms with E-state index in [1.54, 1.807) is 37.3 Å². The Kier molecular flexibility index (Phi) is 8.52. The molecular formula is C24H22BrClO7. The normalized spacial score (nSPS) is 10.8. The number of para-hydroxylation sites is 1. The smallest absolute Gasteiger partial charge is 0.374 e. The van der Waals surface area contributed by atoms with Crippen LogP contribution in [0.5, 0.6) is 11.5 Å². The maximum Gasteiger partial charge on any atom is 0.374 e. The van der Waals surface area contributed by atoms with Gasteiger partial charge in [0.15, 0.2) is 22.5 Å². The summed E-state index contributed by atoms with van der Waals surface area (Å²) in [6.45, 7) is 2.10. The van der Waals surface area contributed by atoms with E-state index < -0.39 is 11.8 Å². The molecule has 0 saturated heterocycles. The van der Waals surface area contributed by atoms with Gasteiger partial charge >= 0.3 is 5.97 Å². The van der Waals surface area contributed by atoms with Crippen LogP contribution in [0.15, 0.2) is 50.1 Å². The van der Waals surface area contributed by atoms with Crippen LogP contribution >= 0.6 is 27.5 Å². The molecule has 0 atom stereocenters. The molecule has 0 aliphatic carbocycles. The molecule has 0 N–H and O–H groups in total. The quantitative estimate of drug-likeness (QED) is 0.190. The Morgan fingerprint density at radius 3 is 2.64 bits per heavy atom. The lowest BCUT2D eigenvalue weighted by Gasteiger charge is -2.16. The first-order valence-electron chi connectivity index (χ1n) is 10.3. The molecular weight excluding hydrogens is 516 g/mol. The number of hydrogen-bond acceptors (Lipinski definition) is 7. The minimum atomic E-state index is -0.812. The summed E-state index contributed by atoms with van der Waals surface area (Å²) in [5.41, 5.74) is 0.583. The standard InChI is InChI=1S/C24H22BrClO7/c1-3-31-24(29)18(27)9-4-5-12-32-23-16(25)11-10-15(22(23)30-2)20-13-19(28)14-7-6-8-17(26)21(14)33-20/h6-8,10-11,13H,3-5,9,12H2,1-2H3. The van der Waals surface area contributed by atoms with E-state index in [1.165, 1.54) is 13.2 Å². The zero-order valence-electron chi connectivity index (χ0n) is 18.1. The molecule has 9 heteroatoms. The second-order valence-corrected chi connectivity index (χ2v) is 8.26. The number of hydrogen-bond donors (Lipinski definition) is 0. The fourth-order valence-corrected chi connectivity index (χ4v) is 3.86. The van der Waals surface area contributed by atoms with Crippen molar-refractivity contribution < 1.29 is 28.2 Å². The largest absolute Gasteiger partial charge is 0.492 e. The molecule has 1 heterocycles. The molecule has 0 amide bonds. The first-order chi connectivity index (χ1) is 15.9. The van der Waals surface area contributed by atoms with E-state index >= 15 is 0 Å². The van der Waals surface area contributed by atoms with Crippen molar-refractivity contribution in [1.82, 2.24) is 0 Å². The number of unbranched alkanes of at least 4 members (excludes halogenated alkanes) is 1. The van der Waals surface area contributed by atoms with Crippen LogP contribution in [0.1, 0.15) is 26.2 Å². The minimum Gasteiger partial charge on any atom is -0.492 e. The monoisotopic (exact) mass is 536 g/mol. The highest BCUT2D eigenvalue weighted by atomic mass is 79.9. The van der Waals surface area contributed by atoms with Crippen LogP contribution in [0.2, 0.25) is 5.02 Å². The first-order valence-corrected chi connectivity index (χ1v) is 11.5. The summed E-state index contributed by atoms with van der Waals surface area (Å²) in [7, 11) is 1.49. The van der Waals surface area contributed by atoms with Crippen molar-refractivity contribution in [2.24, 2.45) is 0 Å². The fraction of sp³-hybridized carbons (Fsp3) is 0.292. The number of Topliss-reactive ketones (excluding diaryl/α,β-unsaturated/α-hetero) is 1. The second kappa shape index (κ2) is 11.3. The number of carbonyl (C=O) groups excluding carboxylic acids is 2. The Bertz CT molecular complexity index is 1240. The second-order valence-electron chi connectivity index (χ2n) is 7.00. The van der Waals surface area contributed by atoms with Gasteiger partial charge in [0.25, 0.3) is 0 Å². The number of ether oxygens (including phenoxy) is 3. The Morgan fingerprint density at radius 2 is 1.91 bits per heavy atom. The van der Waals surface area contributed by atoms with E-state index in [4.69, 9.17) is 30.2 Å². The van der Waals surface area contributed by atoms with Gasteiger partial charge in [-0.25, -0.2) is 4.79 Å². The summed E-state index contributed by atoms with van der Waals surface area (Å²) < 4.78 is 22.8. The van der Waals surface area contributed by atoms with E-state index in [1.807, 2.05) is 0 Å². The highest BCUT2D eigenvalue weighted by Gasteiger charge is 2.20. The van der Waals surface area contributed by atoms with Gasteiger partial charge in [-0.05, 0) is 60.0 Å². The highest BCUT2D eigenvalue weighted by Crippen LogP contribution is 2.43. The van der Waals surface area contributed by atoms with Gasteiger partial charge in [-0.3, -0.25) is 9.59 Å². The molecule has 3 rings (SSSR count). The van der Waals surface area contributed by atoms with Gasteiger partial charge in [-0.15, -0.1) is 0 Å². The van der Waals surface area contributed by atoms with Crippen molar-refractivity contribution in [1.29, 1.82) is 0 Å². The van der Waals surface area contributed by atoms with Gasteiger partial charge in [0.1, 0.15) is 5.76 Å². The third kappa shape index (κ3) is 5.75. The molecule has 7 nitrogen and oxygen atoms in total. The Labute approximate surface area is 203 Å². The van der Waals surface area contributed by atoms with Gasteiger partial charge in [0.2, 0.25) is 5.78 Å². The summed E-state index contributed by atoms with van der Waals surface area (Å²) in [5, 5.41) is 0.715. The third-order valence-electron chi connectivity index (χ3n) is 4.79. The minimum absolute atomic E-state index is 0.0868. The zero-order chi connectivity index (χ0) is 24.0. The van der Waals surface area contributed by atoms with Crippen molar-refractivity contribution in [3.8, 4) is 22.8 Å². The van der Waals surface area contributed by atoms with Crippen LogP contribution in [-0.2, 0) is 14.3 Å². The lowest BCUT2D eigenvalue weighted by molar-refractivity contribution is -0.153. The predicted molar refractivity (Wildman–Crippen MR) is 128 cm³/mol. The molecule has 0 bridgehead atoms. The molecule has 33 heavy (non-hydrogen) atoms. The van der Waals surface area contributed by atoms with Crippen molar-refractivity contribution in [3.05, 3.63) is 56.1 Å². The van der Waals surface area contributed by atoms with E-state index in [-0.39, 0.29) is 30.8 Å². The van der Waals surface area contributed by atoms with Crippen molar-refractivity contribution in [2.75, 3.05) is 20.3 Å². The maximum absolute atomic E-state index is 12.6. The third-order valence-corrected chi connectivity index (χ3v) is 5.71. The van der Waals surface area contributed by atoms with E-state index in [9.17, 15) is 14.4 Å². The van der Waals surface area contributed by atoms with Crippen molar-refractivity contribution in [2.45, 2.75) is 26.2 Å². The lowest BCUT2D eigenvalue weighted by Crippen LogP contribution is -2.17. The summed E-state index contributed by atoms with van der Waals surface area (Å²) >= 11 is 9.68. The molecule has 0 aliphatic heterocycles. The number of esters is 1. The topological polar surface area (TPSA) is 92.0 Å². The number of methoxy groups -OCH3 is 1. The average molecular weight is 538 g/mol. The van der Waals surface area contributed by atoms with Gasteiger partial charge in [-0.1, -0.05) is 17.7 Å². The van der Waals surface area contributed by atoms with Crippen LogP contribution < -0.4 is 14.9 Å². The molecule has 0 spiro atoms. The predicted octanol–water partition coefficient (Wildman–Crippen LogP) is 5.57. The molecule has 0 fully saturated rings. The van der Waals surface area contributed by atoms with Gasteiger partial charge in [-0.2, -0.15) is 0 Å². The number of ketones is 1. The molecule has 0 saturated carbocycles. The van der Waals surface area contributed by atoms with Gasteiger partial charge < -0.3 is 18.6 Å². The molecule has 0 unspecified atom stereocenters. The number of benzene rings is 2. The van der Waals surface area contributed by atoms with Crippen LogP contribution in [-0.4, -0.2) is 32.1 Å². The van der Waals surface area contributed by atoms with Crippen molar-refractivity contribution in [3.63, 3.8) is 0 Å². The molecule has 174 valence electrons. The molecule has 2 aromatic carbocycles. The Hall–Kier alpha value is -2.84. The molecule has 1 aromatic heterocycles. The van der Waals surface area contributed by atoms with Crippen LogP contribution in [0.3, 0.4) is 0 Å². The van der Waals surface area contributed by atoms with Crippen LogP contribution in [0.4, 0.5) is 0 Å². The maximum atomic E-state index is 12.6. The van der Waals surface area contributed by atoms with Crippen LogP contribution in [0.25, 0.3) is 22.3 Å². The fourth-order valence-electron chi connectivity index (χ4n) is 3.22.